The molecule has 0 N–H and O–H groups in total. The van der Waals surface area contributed by atoms with E-state index in [9.17, 15) is 4.79 Å². The zero-order chi connectivity index (χ0) is 10.1. The molecule has 1 aliphatic heterocycles. The Morgan fingerprint density at radius 2 is 1.79 bits per heavy atom. The van der Waals surface area contributed by atoms with E-state index >= 15 is 0 Å². The minimum atomic E-state index is 0.197. The van der Waals surface area contributed by atoms with Gasteiger partial charge in [-0.1, -0.05) is 6.42 Å². The van der Waals surface area contributed by atoms with Crippen LogP contribution in [0.2, 0.25) is 0 Å². The van der Waals surface area contributed by atoms with Crippen LogP contribution in [0.15, 0.2) is 0 Å². The second-order valence-electron chi connectivity index (χ2n) is 4.63. The molecule has 2 rings (SSSR count). The van der Waals surface area contributed by atoms with Crippen molar-refractivity contribution in [2.75, 3.05) is 13.1 Å². The Morgan fingerprint density at radius 3 is 2.21 bits per heavy atom. The van der Waals surface area contributed by atoms with Gasteiger partial charge in [0.2, 0.25) is 5.91 Å². The monoisotopic (exact) mass is 197 g/mol. The Bertz CT molecular complexity index is 215. The molecule has 1 heterocycles. The minimum Gasteiger partial charge on any atom is -0.372 e. The van der Waals surface area contributed by atoms with Crippen molar-refractivity contribution in [1.29, 1.82) is 0 Å². The molecule has 1 saturated heterocycles. The van der Waals surface area contributed by atoms with Crippen LogP contribution in [0.1, 0.15) is 33.1 Å². The van der Waals surface area contributed by atoms with Crippen LogP contribution in [-0.4, -0.2) is 36.1 Å². The van der Waals surface area contributed by atoms with Crippen LogP contribution in [0.25, 0.3) is 0 Å². The smallest absolute Gasteiger partial charge is 0.225 e. The van der Waals surface area contributed by atoms with E-state index in [2.05, 4.69) is 0 Å². The first-order valence-corrected chi connectivity index (χ1v) is 5.61. The SMILES string of the molecule is C[C@H]1CN(C(=O)C2CCC2)C[C@H](C)O1. The fourth-order valence-corrected chi connectivity index (χ4v) is 2.27. The molecule has 3 nitrogen and oxygen atoms in total. The highest BCUT2D eigenvalue weighted by molar-refractivity contribution is 5.79. The number of morpholine rings is 1. The van der Waals surface area contributed by atoms with Crippen LogP contribution >= 0.6 is 0 Å². The Hall–Kier alpha value is -0.570. The van der Waals surface area contributed by atoms with Crippen molar-refractivity contribution in [2.45, 2.75) is 45.3 Å². The molecular weight excluding hydrogens is 178 g/mol. The van der Waals surface area contributed by atoms with E-state index in [1.165, 1.54) is 6.42 Å². The molecule has 14 heavy (non-hydrogen) atoms. The van der Waals surface area contributed by atoms with E-state index in [0.717, 1.165) is 25.9 Å². The molecule has 0 aromatic rings. The summed E-state index contributed by atoms with van der Waals surface area (Å²) >= 11 is 0. The molecule has 0 radical (unpaired) electrons. The summed E-state index contributed by atoms with van der Waals surface area (Å²) in [5.41, 5.74) is 0. The van der Waals surface area contributed by atoms with Crippen molar-refractivity contribution < 1.29 is 9.53 Å². The summed E-state index contributed by atoms with van der Waals surface area (Å²) in [6.45, 7) is 5.63. The van der Waals surface area contributed by atoms with Crippen molar-refractivity contribution in [3.05, 3.63) is 0 Å². The molecule has 1 amide bonds. The Balaban J connectivity index is 1.92. The normalized spacial score (nSPS) is 34.0. The number of rotatable bonds is 1. The van der Waals surface area contributed by atoms with Gasteiger partial charge in [0.25, 0.3) is 0 Å². The molecule has 80 valence electrons. The number of hydrogen-bond acceptors (Lipinski definition) is 2. The van der Waals surface area contributed by atoms with Gasteiger partial charge in [-0.05, 0) is 26.7 Å². The van der Waals surface area contributed by atoms with Gasteiger partial charge in [0, 0.05) is 19.0 Å². The lowest BCUT2D eigenvalue weighted by Crippen LogP contribution is -2.50. The first-order valence-electron chi connectivity index (χ1n) is 5.61. The van der Waals surface area contributed by atoms with E-state index in [4.69, 9.17) is 4.74 Å². The van der Waals surface area contributed by atoms with Crippen molar-refractivity contribution in [3.63, 3.8) is 0 Å². The predicted octanol–water partition coefficient (Wildman–Crippen LogP) is 1.42. The summed E-state index contributed by atoms with van der Waals surface area (Å²) in [6, 6.07) is 0. The third-order valence-electron chi connectivity index (χ3n) is 3.19. The zero-order valence-corrected chi connectivity index (χ0v) is 9.03. The van der Waals surface area contributed by atoms with Gasteiger partial charge in [0.05, 0.1) is 12.2 Å². The first kappa shape index (κ1) is 9.97. The summed E-state index contributed by atoms with van der Waals surface area (Å²) in [5, 5.41) is 0. The van der Waals surface area contributed by atoms with Gasteiger partial charge in [0.15, 0.2) is 0 Å². The molecule has 0 unspecified atom stereocenters. The van der Waals surface area contributed by atoms with Crippen LogP contribution in [0.3, 0.4) is 0 Å². The number of hydrogen-bond donors (Lipinski definition) is 0. The van der Waals surface area contributed by atoms with Crippen LogP contribution < -0.4 is 0 Å². The van der Waals surface area contributed by atoms with Crippen LogP contribution in [-0.2, 0) is 9.53 Å². The van der Waals surface area contributed by atoms with E-state index in [0.29, 0.717) is 11.8 Å². The summed E-state index contributed by atoms with van der Waals surface area (Å²) in [7, 11) is 0. The number of carbonyl (C=O) groups excluding carboxylic acids is 1. The maximum absolute atomic E-state index is 11.9. The molecule has 2 atom stereocenters. The lowest BCUT2D eigenvalue weighted by Gasteiger charge is -2.38. The second-order valence-corrected chi connectivity index (χ2v) is 4.63. The van der Waals surface area contributed by atoms with Crippen LogP contribution in [0.5, 0.6) is 0 Å². The van der Waals surface area contributed by atoms with E-state index in [1.807, 2.05) is 18.7 Å². The quantitative estimate of drug-likeness (QED) is 0.636. The Labute approximate surface area is 85.4 Å². The van der Waals surface area contributed by atoms with Crippen molar-refractivity contribution in [3.8, 4) is 0 Å². The topological polar surface area (TPSA) is 29.5 Å². The highest BCUT2D eigenvalue weighted by Crippen LogP contribution is 2.29. The van der Waals surface area contributed by atoms with Gasteiger partial charge in [-0.15, -0.1) is 0 Å². The summed E-state index contributed by atoms with van der Waals surface area (Å²) in [5.74, 6) is 0.686. The predicted molar refractivity (Wildman–Crippen MR) is 53.9 cm³/mol. The van der Waals surface area contributed by atoms with Crippen molar-refractivity contribution >= 4 is 5.91 Å². The molecule has 2 aliphatic rings. The maximum Gasteiger partial charge on any atom is 0.225 e. The fourth-order valence-electron chi connectivity index (χ4n) is 2.27. The van der Waals surface area contributed by atoms with Gasteiger partial charge in [-0.3, -0.25) is 4.79 Å². The third-order valence-corrected chi connectivity index (χ3v) is 3.19. The van der Waals surface area contributed by atoms with Crippen LogP contribution in [0, 0.1) is 5.92 Å². The van der Waals surface area contributed by atoms with Gasteiger partial charge >= 0.3 is 0 Å². The molecule has 3 heteroatoms. The molecule has 1 aliphatic carbocycles. The molecule has 0 bridgehead atoms. The summed E-state index contributed by atoms with van der Waals surface area (Å²) in [6.07, 6.45) is 3.81. The number of carbonyl (C=O) groups is 1. The molecule has 1 saturated carbocycles. The van der Waals surface area contributed by atoms with E-state index in [1.54, 1.807) is 0 Å². The number of ether oxygens (including phenoxy) is 1. The average molecular weight is 197 g/mol. The molecule has 0 aromatic carbocycles. The van der Waals surface area contributed by atoms with Gasteiger partial charge in [0.1, 0.15) is 0 Å². The van der Waals surface area contributed by atoms with Gasteiger partial charge in [-0.2, -0.15) is 0 Å². The minimum absolute atomic E-state index is 0.197. The number of nitrogens with zero attached hydrogens (tertiary/aromatic N) is 1. The zero-order valence-electron chi connectivity index (χ0n) is 9.03. The fraction of sp³-hybridized carbons (Fsp3) is 0.909. The maximum atomic E-state index is 11.9. The summed E-state index contributed by atoms with van der Waals surface area (Å²) < 4.78 is 5.60. The standard InChI is InChI=1S/C11H19NO2/c1-8-6-12(7-9(2)14-8)11(13)10-4-3-5-10/h8-10H,3-7H2,1-2H3/t8-,9-/m0/s1. The second kappa shape index (κ2) is 3.89. The van der Waals surface area contributed by atoms with Gasteiger partial charge < -0.3 is 9.64 Å². The largest absolute Gasteiger partial charge is 0.372 e. The highest BCUT2D eigenvalue weighted by Gasteiger charge is 2.33. The third kappa shape index (κ3) is 1.92. The Morgan fingerprint density at radius 1 is 1.21 bits per heavy atom. The Kier molecular flexibility index (Phi) is 2.77. The average Bonchev–Trinajstić information content (AvgIpc) is 1.98. The van der Waals surface area contributed by atoms with E-state index in [-0.39, 0.29) is 12.2 Å². The van der Waals surface area contributed by atoms with Crippen molar-refractivity contribution in [1.82, 2.24) is 4.90 Å². The molecule has 2 fully saturated rings. The lowest BCUT2D eigenvalue weighted by molar-refractivity contribution is -0.149. The first-order chi connectivity index (χ1) is 6.66. The van der Waals surface area contributed by atoms with Crippen molar-refractivity contribution in [2.24, 2.45) is 5.92 Å². The molecule has 0 aromatic heterocycles. The van der Waals surface area contributed by atoms with Gasteiger partial charge in [-0.25, -0.2) is 0 Å². The lowest BCUT2D eigenvalue weighted by atomic mass is 9.84. The number of amides is 1. The molecular formula is C11H19NO2. The molecule has 0 spiro atoms. The summed E-state index contributed by atoms with van der Waals surface area (Å²) in [4.78, 5) is 13.9. The highest BCUT2D eigenvalue weighted by atomic mass is 16.5. The van der Waals surface area contributed by atoms with Crippen LogP contribution in [0.4, 0.5) is 0 Å². The van der Waals surface area contributed by atoms with E-state index < -0.39 is 0 Å².